The number of ether oxygens (including phenoxy) is 1. The van der Waals surface area contributed by atoms with Crippen molar-refractivity contribution in [1.82, 2.24) is 4.90 Å². The van der Waals surface area contributed by atoms with E-state index in [-0.39, 0.29) is 5.91 Å². The van der Waals surface area contributed by atoms with Crippen molar-refractivity contribution in [2.75, 3.05) is 13.2 Å². The Kier molecular flexibility index (Phi) is 4.93. The highest BCUT2D eigenvalue weighted by Gasteiger charge is 2.12. The Morgan fingerprint density at radius 2 is 2.30 bits per heavy atom. The van der Waals surface area contributed by atoms with E-state index in [0.29, 0.717) is 13.1 Å². The summed E-state index contributed by atoms with van der Waals surface area (Å²) in [5.41, 5.74) is 2.23. The topological polar surface area (TPSA) is 29.5 Å². The zero-order valence-corrected chi connectivity index (χ0v) is 13.7. The van der Waals surface area contributed by atoms with Crippen LogP contribution in [0.15, 0.2) is 54.4 Å². The van der Waals surface area contributed by atoms with Crippen LogP contribution in [0.4, 0.5) is 0 Å². The lowest BCUT2D eigenvalue weighted by Crippen LogP contribution is -2.28. The maximum Gasteiger partial charge on any atom is 0.247 e. The number of hydrogen-bond donors (Lipinski definition) is 0. The van der Waals surface area contributed by atoms with Crippen LogP contribution in [-0.2, 0) is 17.8 Å². The van der Waals surface area contributed by atoms with Gasteiger partial charge in [-0.05, 0) is 40.8 Å². The van der Waals surface area contributed by atoms with Gasteiger partial charge in [-0.2, -0.15) is 0 Å². The summed E-state index contributed by atoms with van der Waals surface area (Å²) in [6.07, 6.45) is 6.19. The maximum absolute atomic E-state index is 12.4. The maximum atomic E-state index is 12.4. The molecule has 1 aliphatic rings. The van der Waals surface area contributed by atoms with Crippen LogP contribution in [-0.4, -0.2) is 24.0 Å². The van der Waals surface area contributed by atoms with E-state index in [1.165, 1.54) is 10.4 Å². The largest absolute Gasteiger partial charge is 0.493 e. The molecule has 1 amide bonds. The molecule has 0 spiro atoms. The Balaban J connectivity index is 1.69. The van der Waals surface area contributed by atoms with Gasteiger partial charge in [0.05, 0.1) is 13.2 Å². The summed E-state index contributed by atoms with van der Waals surface area (Å²) in [4.78, 5) is 15.4. The fourth-order valence-corrected chi connectivity index (χ4v) is 3.28. The first kappa shape index (κ1) is 15.6. The molecule has 23 heavy (non-hydrogen) atoms. The summed E-state index contributed by atoms with van der Waals surface area (Å²) in [6.45, 7) is 5.64. The van der Waals surface area contributed by atoms with E-state index in [4.69, 9.17) is 4.74 Å². The van der Waals surface area contributed by atoms with Gasteiger partial charge in [-0.25, -0.2) is 0 Å². The van der Waals surface area contributed by atoms with Crippen LogP contribution >= 0.6 is 11.3 Å². The third-order valence-corrected chi connectivity index (χ3v) is 4.58. The first-order valence-corrected chi connectivity index (χ1v) is 8.50. The van der Waals surface area contributed by atoms with Gasteiger partial charge in [-0.1, -0.05) is 18.2 Å². The third-order valence-electron chi connectivity index (χ3n) is 3.72. The zero-order valence-electron chi connectivity index (χ0n) is 12.9. The first-order chi connectivity index (χ1) is 11.3. The molecular weight excluding hydrogens is 306 g/mol. The Bertz CT molecular complexity index is 719. The third kappa shape index (κ3) is 3.90. The van der Waals surface area contributed by atoms with Crippen molar-refractivity contribution in [1.29, 1.82) is 0 Å². The predicted octanol–water partition coefficient (Wildman–Crippen LogP) is 3.91. The number of amides is 1. The quantitative estimate of drug-likeness (QED) is 0.595. The second-order valence-electron chi connectivity index (χ2n) is 5.39. The normalized spacial score (nSPS) is 12.9. The number of fused-ring (bicyclic) bond motifs is 1. The number of hydrogen-bond acceptors (Lipinski definition) is 3. The van der Waals surface area contributed by atoms with E-state index >= 15 is 0 Å². The molecule has 0 atom stereocenters. The Morgan fingerprint density at radius 1 is 1.39 bits per heavy atom. The van der Waals surface area contributed by atoms with Crippen LogP contribution in [0.2, 0.25) is 0 Å². The number of nitrogens with zero attached hydrogens (tertiary/aromatic N) is 1. The summed E-state index contributed by atoms with van der Waals surface area (Å²) in [6, 6.07) is 10.1. The molecule has 1 aliphatic heterocycles. The number of carbonyl (C=O) groups excluding carboxylic acids is 1. The van der Waals surface area contributed by atoms with Crippen LogP contribution in [0.25, 0.3) is 6.08 Å². The molecule has 2 aromatic rings. The Hall–Kier alpha value is -2.33. The average Bonchev–Trinajstić information content (AvgIpc) is 3.22. The molecule has 0 radical (unpaired) electrons. The monoisotopic (exact) mass is 325 g/mol. The number of rotatable bonds is 6. The Morgan fingerprint density at radius 3 is 3.09 bits per heavy atom. The Labute approximate surface area is 140 Å². The molecule has 0 saturated heterocycles. The highest BCUT2D eigenvalue weighted by atomic mass is 32.1. The smallest absolute Gasteiger partial charge is 0.247 e. The van der Waals surface area contributed by atoms with E-state index in [1.54, 1.807) is 28.4 Å². The summed E-state index contributed by atoms with van der Waals surface area (Å²) < 4.78 is 5.50. The molecular formula is C19H19NO2S. The zero-order chi connectivity index (χ0) is 16.1. The van der Waals surface area contributed by atoms with Crippen molar-refractivity contribution in [3.05, 3.63) is 70.4 Å². The van der Waals surface area contributed by atoms with Crippen molar-refractivity contribution < 1.29 is 9.53 Å². The second kappa shape index (κ2) is 7.29. The van der Waals surface area contributed by atoms with Gasteiger partial charge in [0.1, 0.15) is 5.75 Å². The highest BCUT2D eigenvalue weighted by molar-refractivity contribution is 7.09. The lowest BCUT2D eigenvalue weighted by atomic mass is 10.1. The minimum atomic E-state index is -0.00458. The molecule has 0 unspecified atom stereocenters. The van der Waals surface area contributed by atoms with E-state index < -0.39 is 0 Å². The predicted molar refractivity (Wildman–Crippen MR) is 94.6 cm³/mol. The summed E-state index contributed by atoms with van der Waals surface area (Å²) in [5.74, 6) is 0.953. The fourth-order valence-electron chi connectivity index (χ4n) is 2.56. The lowest BCUT2D eigenvalue weighted by molar-refractivity contribution is -0.126. The van der Waals surface area contributed by atoms with Crippen molar-refractivity contribution >= 4 is 23.3 Å². The minimum absolute atomic E-state index is 0.00458. The van der Waals surface area contributed by atoms with Crippen LogP contribution in [0.5, 0.6) is 5.75 Å². The lowest BCUT2D eigenvalue weighted by Gasteiger charge is -2.18. The van der Waals surface area contributed by atoms with Gasteiger partial charge in [0.2, 0.25) is 5.91 Å². The van der Waals surface area contributed by atoms with Gasteiger partial charge in [-0.3, -0.25) is 4.79 Å². The second-order valence-corrected chi connectivity index (χ2v) is 6.42. The highest BCUT2D eigenvalue weighted by Crippen LogP contribution is 2.26. The molecule has 118 valence electrons. The summed E-state index contributed by atoms with van der Waals surface area (Å²) in [5, 5.41) is 2.02. The van der Waals surface area contributed by atoms with Gasteiger partial charge in [-0.15, -0.1) is 17.9 Å². The van der Waals surface area contributed by atoms with Gasteiger partial charge in [0.15, 0.2) is 0 Å². The molecule has 0 N–H and O–H groups in total. The van der Waals surface area contributed by atoms with Gasteiger partial charge in [0, 0.05) is 23.9 Å². The molecule has 0 aliphatic carbocycles. The van der Waals surface area contributed by atoms with Gasteiger partial charge in [0.25, 0.3) is 0 Å². The van der Waals surface area contributed by atoms with Crippen molar-refractivity contribution in [2.45, 2.75) is 13.0 Å². The van der Waals surface area contributed by atoms with Crippen LogP contribution < -0.4 is 4.74 Å². The van der Waals surface area contributed by atoms with E-state index in [9.17, 15) is 4.79 Å². The molecule has 3 rings (SSSR count). The molecule has 1 aromatic carbocycles. The standard InChI is InChI=1S/C19H19NO2S/c1-2-10-20(14-17-4-3-12-23-17)19(21)8-6-15-5-7-18-16(13-15)9-11-22-18/h2-8,12-13H,1,9-11,14H2/b8-6+. The molecule has 4 heteroatoms. The van der Waals surface area contributed by atoms with E-state index in [1.807, 2.05) is 35.7 Å². The minimum Gasteiger partial charge on any atom is -0.493 e. The average molecular weight is 325 g/mol. The number of thiophene rings is 1. The molecule has 2 heterocycles. The van der Waals surface area contributed by atoms with E-state index in [2.05, 4.69) is 12.6 Å². The van der Waals surface area contributed by atoms with Crippen LogP contribution in [0.3, 0.4) is 0 Å². The van der Waals surface area contributed by atoms with Crippen molar-refractivity contribution in [3.63, 3.8) is 0 Å². The van der Waals surface area contributed by atoms with Gasteiger partial charge < -0.3 is 9.64 Å². The first-order valence-electron chi connectivity index (χ1n) is 7.62. The van der Waals surface area contributed by atoms with Crippen LogP contribution in [0, 0.1) is 0 Å². The van der Waals surface area contributed by atoms with E-state index in [0.717, 1.165) is 24.3 Å². The molecule has 1 aromatic heterocycles. The van der Waals surface area contributed by atoms with Crippen LogP contribution in [0.1, 0.15) is 16.0 Å². The van der Waals surface area contributed by atoms with Crippen molar-refractivity contribution in [3.8, 4) is 5.75 Å². The van der Waals surface area contributed by atoms with Crippen molar-refractivity contribution in [2.24, 2.45) is 0 Å². The molecule has 0 saturated carbocycles. The fraction of sp³-hybridized carbons (Fsp3) is 0.211. The van der Waals surface area contributed by atoms with Gasteiger partial charge >= 0.3 is 0 Å². The SMILES string of the molecule is C=CCN(Cc1cccs1)C(=O)/C=C/c1ccc2c(c1)CCO2. The summed E-state index contributed by atoms with van der Waals surface area (Å²) in [7, 11) is 0. The number of benzene rings is 1. The molecule has 3 nitrogen and oxygen atoms in total. The summed E-state index contributed by atoms with van der Waals surface area (Å²) >= 11 is 1.66. The molecule has 0 bridgehead atoms. The number of carbonyl (C=O) groups is 1. The molecule has 0 fully saturated rings.